The van der Waals surface area contributed by atoms with Crippen molar-refractivity contribution in [3.63, 3.8) is 0 Å². The van der Waals surface area contributed by atoms with Crippen LogP contribution in [0.15, 0.2) is 47.3 Å². The lowest BCUT2D eigenvalue weighted by molar-refractivity contribution is 0.0674. The molecule has 0 saturated carbocycles. The molecule has 0 saturated heterocycles. The molecule has 11 nitrogen and oxygen atoms in total. The number of aromatic hydroxyl groups is 3. The smallest absolute Gasteiger partial charge is 0.260 e. The predicted octanol–water partition coefficient (Wildman–Crippen LogP) is 3.28. The molecule has 3 aliphatic rings. The number of ether oxygens (including phenoxy) is 1. The number of H-pyrrole nitrogens is 1. The van der Waals surface area contributed by atoms with Gasteiger partial charge in [0.15, 0.2) is 23.1 Å². The molecule has 2 aromatic carbocycles. The number of pyridine rings is 1. The number of aromatic nitrogens is 1. The van der Waals surface area contributed by atoms with Gasteiger partial charge in [0, 0.05) is 24.1 Å². The molecule has 12 heteroatoms. The van der Waals surface area contributed by atoms with E-state index in [0.29, 0.717) is 5.69 Å². The summed E-state index contributed by atoms with van der Waals surface area (Å²) < 4.78 is 5.80. The van der Waals surface area contributed by atoms with E-state index in [2.05, 4.69) is 4.98 Å². The van der Waals surface area contributed by atoms with Crippen molar-refractivity contribution in [2.24, 2.45) is 0 Å². The van der Waals surface area contributed by atoms with E-state index in [9.17, 15) is 44.4 Å². The summed E-state index contributed by atoms with van der Waals surface area (Å²) in [5.74, 6) is -6.39. The van der Waals surface area contributed by atoms with Crippen LogP contribution in [0.2, 0.25) is 0 Å². The third kappa shape index (κ3) is 3.68. The number of hydrogen-bond acceptors (Lipinski definition) is 11. The van der Waals surface area contributed by atoms with Gasteiger partial charge in [-0.15, -0.1) is 0 Å². The van der Waals surface area contributed by atoms with Crippen LogP contribution < -0.4 is 5.56 Å². The number of methoxy groups -OCH3 is 1. The van der Waals surface area contributed by atoms with Crippen molar-refractivity contribution < 1.29 is 44.3 Å². The quantitative estimate of drug-likeness (QED) is 0.155. The highest BCUT2D eigenvalue weighted by molar-refractivity contribution is 8.00. The SMILES string of the molecule is C/C=C/C=C/c1cc2cc3c(c(O)c2c(=O)[nH]1)C1(C(=O)c2c(O)c4c(c(O)c2C1=O)C(=O)C=CC4=O)C(SCCO)C3OC. The van der Waals surface area contributed by atoms with E-state index in [1.165, 1.54) is 13.2 Å². The number of carbonyl (C=O) groups excluding carboxylic acids is 4. The van der Waals surface area contributed by atoms with Crippen LogP contribution in [0, 0.1) is 0 Å². The van der Waals surface area contributed by atoms with Gasteiger partial charge in [0.1, 0.15) is 22.7 Å². The third-order valence-corrected chi connectivity index (χ3v) is 9.66. The largest absolute Gasteiger partial charge is 0.507 e. The van der Waals surface area contributed by atoms with E-state index in [-0.39, 0.29) is 34.3 Å². The zero-order chi connectivity index (χ0) is 31.7. The highest BCUT2D eigenvalue weighted by Gasteiger charge is 2.69. The van der Waals surface area contributed by atoms with Gasteiger partial charge >= 0.3 is 0 Å². The van der Waals surface area contributed by atoms with Crippen molar-refractivity contribution in [2.75, 3.05) is 19.5 Å². The standard InChI is InChI=1S/C32H25NO10S/c1-3-4-5-6-14-11-13-12-15-23(26(39)18(13)31(42)33-14)32(30(27(15)43-2)44-10-9-34)28(40)21-22(29(32)41)25(38)20-17(36)8-7-16(35)19(20)24(21)37/h3-8,11-12,27,30,34,37-39H,9-10H2,1-2H3,(H,33,42)/b4-3+,6-5+. The minimum absolute atomic E-state index is 0.0211. The maximum Gasteiger partial charge on any atom is 0.260 e. The average molecular weight is 616 g/mol. The number of thioether (sulfide) groups is 1. The van der Waals surface area contributed by atoms with Gasteiger partial charge in [0.2, 0.25) is 0 Å². The fourth-order valence-corrected chi connectivity index (χ4v) is 7.95. The number of carbonyl (C=O) groups is 4. The second kappa shape index (κ2) is 10.4. The van der Waals surface area contributed by atoms with E-state index in [1.807, 2.05) is 6.92 Å². The van der Waals surface area contributed by atoms with Gasteiger partial charge in [-0.05, 0) is 48.2 Å². The fourth-order valence-electron chi connectivity index (χ4n) is 6.58. The Balaban J connectivity index is 1.70. The summed E-state index contributed by atoms with van der Waals surface area (Å²) in [5.41, 5.74) is -5.32. The molecule has 0 aliphatic heterocycles. The summed E-state index contributed by atoms with van der Waals surface area (Å²) >= 11 is 0.987. The number of hydrogen-bond donors (Lipinski definition) is 5. The van der Waals surface area contributed by atoms with E-state index in [1.54, 1.807) is 30.4 Å². The minimum atomic E-state index is -2.37. The number of phenolic OH excluding ortho intramolecular Hbond substituents is 3. The lowest BCUT2D eigenvalue weighted by Gasteiger charge is -2.31. The zero-order valence-electron chi connectivity index (χ0n) is 23.3. The number of Topliss-reactive ketones (excluding diaryl/α,β-unsaturated/α-hetero) is 2. The van der Waals surface area contributed by atoms with Gasteiger partial charge in [-0.1, -0.05) is 18.2 Å². The van der Waals surface area contributed by atoms with Crippen LogP contribution in [-0.4, -0.2) is 73.3 Å². The number of phenols is 3. The van der Waals surface area contributed by atoms with Gasteiger partial charge in [-0.3, -0.25) is 24.0 Å². The molecule has 0 amide bonds. The van der Waals surface area contributed by atoms with Crippen LogP contribution in [0.5, 0.6) is 17.2 Å². The van der Waals surface area contributed by atoms with E-state index in [0.717, 1.165) is 23.9 Å². The first-order chi connectivity index (χ1) is 21.1. The molecule has 6 rings (SSSR count). The van der Waals surface area contributed by atoms with Gasteiger partial charge < -0.3 is 30.1 Å². The molecular weight excluding hydrogens is 590 g/mol. The van der Waals surface area contributed by atoms with Crippen molar-refractivity contribution >= 4 is 51.7 Å². The van der Waals surface area contributed by atoms with E-state index in [4.69, 9.17) is 4.74 Å². The fraction of sp³-hybridized carbons (Fsp3) is 0.219. The summed E-state index contributed by atoms with van der Waals surface area (Å²) in [7, 11) is 1.33. The number of benzene rings is 2. The molecule has 44 heavy (non-hydrogen) atoms. The maximum atomic E-state index is 14.6. The summed E-state index contributed by atoms with van der Waals surface area (Å²) in [6.07, 6.45) is 7.61. The first kappa shape index (κ1) is 29.3. The molecule has 0 bridgehead atoms. The number of allylic oxidation sites excluding steroid dienone is 5. The van der Waals surface area contributed by atoms with Crippen LogP contribution in [0.25, 0.3) is 16.8 Å². The molecule has 224 valence electrons. The van der Waals surface area contributed by atoms with Gasteiger partial charge in [-0.2, -0.15) is 11.8 Å². The summed E-state index contributed by atoms with van der Waals surface area (Å²) in [4.78, 5) is 70.6. The second-order valence-electron chi connectivity index (χ2n) is 10.5. The minimum Gasteiger partial charge on any atom is -0.507 e. The van der Waals surface area contributed by atoms with Crippen LogP contribution in [0.1, 0.15) is 71.3 Å². The molecule has 5 N–H and O–H groups in total. The Morgan fingerprint density at radius 1 is 0.909 bits per heavy atom. The Kier molecular flexibility index (Phi) is 6.95. The molecule has 1 aromatic heterocycles. The number of aromatic amines is 1. The Morgan fingerprint density at radius 3 is 2.07 bits per heavy atom. The first-order valence-electron chi connectivity index (χ1n) is 13.5. The highest BCUT2D eigenvalue weighted by atomic mass is 32.2. The third-order valence-electron chi connectivity index (χ3n) is 8.28. The lowest BCUT2D eigenvalue weighted by Crippen LogP contribution is -2.46. The molecule has 1 heterocycles. The van der Waals surface area contributed by atoms with Crippen molar-refractivity contribution in [1.29, 1.82) is 0 Å². The Bertz CT molecular complexity index is 1940. The van der Waals surface area contributed by atoms with Crippen LogP contribution >= 0.6 is 11.8 Å². The van der Waals surface area contributed by atoms with E-state index < -0.39 is 85.0 Å². The maximum absolute atomic E-state index is 14.6. The number of aliphatic hydroxyl groups excluding tert-OH is 1. The molecule has 2 unspecified atom stereocenters. The van der Waals surface area contributed by atoms with Gasteiger partial charge in [0.05, 0.1) is 45.6 Å². The molecular formula is C32H25NO10S. The Hall–Kier alpha value is -4.78. The topological polar surface area (TPSA) is 191 Å². The first-order valence-corrected chi connectivity index (χ1v) is 14.6. The van der Waals surface area contributed by atoms with Crippen LogP contribution in [0.4, 0.5) is 0 Å². The van der Waals surface area contributed by atoms with Crippen molar-refractivity contribution in [2.45, 2.75) is 23.7 Å². The van der Waals surface area contributed by atoms with E-state index >= 15 is 0 Å². The molecule has 3 aliphatic carbocycles. The Labute approximate surface area is 253 Å². The Morgan fingerprint density at radius 2 is 1.52 bits per heavy atom. The summed E-state index contributed by atoms with van der Waals surface area (Å²) in [5, 5.41) is 42.9. The lowest BCUT2D eigenvalue weighted by atomic mass is 9.75. The number of rotatable bonds is 6. The monoisotopic (exact) mass is 615 g/mol. The molecule has 3 aromatic rings. The summed E-state index contributed by atoms with van der Waals surface area (Å²) in [6, 6.07) is 3.14. The van der Waals surface area contributed by atoms with Crippen LogP contribution in [0.3, 0.4) is 0 Å². The number of ketones is 4. The van der Waals surface area contributed by atoms with Crippen molar-refractivity contribution in [3.05, 3.63) is 91.9 Å². The average Bonchev–Trinajstić information content (AvgIpc) is 3.40. The summed E-state index contributed by atoms with van der Waals surface area (Å²) in [6.45, 7) is 1.47. The van der Waals surface area contributed by atoms with Crippen molar-refractivity contribution in [1.82, 2.24) is 4.98 Å². The normalized spacial score (nSPS) is 20.1. The second-order valence-corrected chi connectivity index (χ2v) is 11.7. The zero-order valence-corrected chi connectivity index (χ0v) is 24.2. The van der Waals surface area contributed by atoms with Gasteiger partial charge in [0.25, 0.3) is 5.56 Å². The molecule has 1 spiro atoms. The molecule has 2 atom stereocenters. The number of aliphatic hydroxyl groups is 1. The number of fused-ring (bicyclic) bond motifs is 5. The van der Waals surface area contributed by atoms with Gasteiger partial charge in [-0.25, -0.2) is 0 Å². The highest BCUT2D eigenvalue weighted by Crippen LogP contribution is 2.63. The molecule has 0 radical (unpaired) electrons. The predicted molar refractivity (Wildman–Crippen MR) is 161 cm³/mol. The van der Waals surface area contributed by atoms with Crippen LogP contribution in [-0.2, 0) is 10.2 Å². The number of nitrogens with one attached hydrogen (secondary N) is 1. The van der Waals surface area contributed by atoms with Crippen molar-refractivity contribution in [3.8, 4) is 17.2 Å². The molecule has 0 fully saturated rings.